The normalized spacial score (nSPS) is 14.1. The Labute approximate surface area is 184 Å². The molecule has 0 atom stereocenters. The molecule has 2 aromatic heterocycles. The third kappa shape index (κ3) is 3.80. The number of fused-ring (bicyclic) bond motifs is 1. The van der Waals surface area contributed by atoms with E-state index < -0.39 is 0 Å². The number of piperidine rings is 1. The molecule has 0 spiro atoms. The predicted molar refractivity (Wildman–Crippen MR) is 120 cm³/mol. The Balaban J connectivity index is 1.47. The zero-order chi connectivity index (χ0) is 22.1. The summed E-state index contributed by atoms with van der Waals surface area (Å²) in [5, 5.41) is 0.896. The molecule has 2 aromatic carbocycles. The van der Waals surface area contributed by atoms with Crippen molar-refractivity contribution in [2.24, 2.45) is 0 Å². The van der Waals surface area contributed by atoms with Gasteiger partial charge in [-0.2, -0.15) is 0 Å². The Morgan fingerprint density at radius 2 is 1.56 bits per heavy atom. The maximum Gasteiger partial charge on any atom is 0.257 e. The predicted octanol–water partition coefficient (Wildman–Crippen LogP) is 5.58. The number of aromatic nitrogens is 2. The summed E-state index contributed by atoms with van der Waals surface area (Å²) >= 11 is 0. The van der Waals surface area contributed by atoms with Crippen LogP contribution < -0.4 is 0 Å². The van der Waals surface area contributed by atoms with Crippen molar-refractivity contribution in [3.63, 3.8) is 0 Å². The van der Waals surface area contributed by atoms with Crippen LogP contribution in [0.3, 0.4) is 0 Å². The molecule has 1 N–H and O–H groups in total. The first-order valence-corrected chi connectivity index (χ1v) is 10.5. The van der Waals surface area contributed by atoms with Gasteiger partial charge < -0.3 is 9.88 Å². The SMILES string of the molecule is O=C(c1cncc2cc[nH]c12)N1CCC(=C(c2cccc(F)c2)c2cccc(F)c2)CC1. The van der Waals surface area contributed by atoms with Gasteiger partial charge >= 0.3 is 0 Å². The molecule has 1 fully saturated rings. The molecule has 5 rings (SSSR count). The number of benzene rings is 2. The molecule has 0 bridgehead atoms. The number of carbonyl (C=O) groups excluding carboxylic acids is 1. The molecule has 0 saturated carbocycles. The highest BCUT2D eigenvalue weighted by atomic mass is 19.1. The van der Waals surface area contributed by atoms with Gasteiger partial charge in [0.1, 0.15) is 11.6 Å². The van der Waals surface area contributed by atoms with Gasteiger partial charge in [0, 0.05) is 37.1 Å². The van der Waals surface area contributed by atoms with Gasteiger partial charge in [0.15, 0.2) is 0 Å². The number of likely N-dealkylation sites (tertiary alicyclic amines) is 1. The van der Waals surface area contributed by atoms with Gasteiger partial charge in [-0.15, -0.1) is 0 Å². The molecule has 160 valence electrons. The van der Waals surface area contributed by atoms with Gasteiger partial charge in [-0.05, 0) is 59.9 Å². The molecule has 4 aromatic rings. The van der Waals surface area contributed by atoms with Gasteiger partial charge in [-0.1, -0.05) is 29.8 Å². The van der Waals surface area contributed by atoms with Crippen molar-refractivity contribution in [1.82, 2.24) is 14.9 Å². The van der Waals surface area contributed by atoms with E-state index in [1.54, 1.807) is 30.7 Å². The van der Waals surface area contributed by atoms with E-state index >= 15 is 0 Å². The summed E-state index contributed by atoms with van der Waals surface area (Å²) in [6.45, 7) is 1.05. The van der Waals surface area contributed by atoms with E-state index in [9.17, 15) is 13.6 Å². The van der Waals surface area contributed by atoms with Gasteiger partial charge in [0.05, 0.1) is 11.1 Å². The highest BCUT2D eigenvalue weighted by Gasteiger charge is 2.25. The van der Waals surface area contributed by atoms with Gasteiger partial charge in [0.25, 0.3) is 5.91 Å². The van der Waals surface area contributed by atoms with Crippen LogP contribution >= 0.6 is 0 Å². The Morgan fingerprint density at radius 3 is 2.19 bits per heavy atom. The highest BCUT2D eigenvalue weighted by Crippen LogP contribution is 2.33. The summed E-state index contributed by atoms with van der Waals surface area (Å²) in [6.07, 6.45) is 6.37. The van der Waals surface area contributed by atoms with Crippen molar-refractivity contribution >= 4 is 22.4 Å². The smallest absolute Gasteiger partial charge is 0.257 e. The molecule has 0 radical (unpaired) electrons. The highest BCUT2D eigenvalue weighted by molar-refractivity contribution is 6.05. The number of hydrogen-bond acceptors (Lipinski definition) is 2. The second-order valence-corrected chi connectivity index (χ2v) is 7.92. The quantitative estimate of drug-likeness (QED) is 0.462. The van der Waals surface area contributed by atoms with Crippen molar-refractivity contribution in [3.8, 4) is 0 Å². The molecule has 1 aliphatic rings. The molecule has 1 saturated heterocycles. The van der Waals surface area contributed by atoms with Crippen LogP contribution in [0.1, 0.15) is 34.3 Å². The number of nitrogens with one attached hydrogen (secondary N) is 1. The lowest BCUT2D eigenvalue weighted by molar-refractivity contribution is 0.0745. The summed E-state index contributed by atoms with van der Waals surface area (Å²) in [5.41, 5.74) is 4.68. The molecule has 4 nitrogen and oxygen atoms in total. The van der Waals surface area contributed by atoms with E-state index in [-0.39, 0.29) is 17.5 Å². The summed E-state index contributed by atoms with van der Waals surface area (Å²) in [6, 6.07) is 14.6. The number of amides is 1. The molecule has 6 heteroatoms. The number of rotatable bonds is 3. The molecule has 0 unspecified atom stereocenters. The number of H-pyrrole nitrogens is 1. The first-order chi connectivity index (χ1) is 15.6. The minimum absolute atomic E-state index is 0.0670. The second kappa shape index (κ2) is 8.38. The zero-order valence-corrected chi connectivity index (χ0v) is 17.3. The van der Waals surface area contributed by atoms with Crippen LogP contribution in [0.15, 0.2) is 78.8 Å². The number of carbonyl (C=O) groups is 1. The maximum absolute atomic E-state index is 14.0. The van der Waals surface area contributed by atoms with E-state index in [0.717, 1.165) is 22.0 Å². The average molecular weight is 429 g/mol. The Kier molecular flexibility index (Phi) is 5.27. The standard InChI is InChI=1S/C26H21F2N3O/c27-21-5-1-3-18(13-21)24(19-4-2-6-22(28)14-19)17-8-11-31(12-9-17)26(32)23-16-29-15-20-7-10-30-25(20)23/h1-7,10,13-16,30H,8-9,11-12H2. The number of nitrogens with zero attached hydrogens (tertiary/aromatic N) is 2. The third-order valence-electron chi connectivity index (χ3n) is 5.93. The summed E-state index contributed by atoms with van der Waals surface area (Å²) in [7, 11) is 0. The Bertz CT molecular complexity index is 1280. The van der Waals surface area contributed by atoms with Gasteiger partial charge in [-0.25, -0.2) is 8.78 Å². The fraction of sp³-hybridized carbons (Fsp3) is 0.154. The van der Waals surface area contributed by atoms with Crippen molar-refractivity contribution in [2.45, 2.75) is 12.8 Å². The second-order valence-electron chi connectivity index (χ2n) is 7.92. The van der Waals surface area contributed by atoms with Crippen LogP contribution in [0.25, 0.3) is 16.5 Å². The lowest BCUT2D eigenvalue weighted by atomic mass is 9.88. The zero-order valence-electron chi connectivity index (χ0n) is 17.3. The molecule has 1 aliphatic heterocycles. The first-order valence-electron chi connectivity index (χ1n) is 10.5. The van der Waals surface area contributed by atoms with Crippen LogP contribution in [0, 0.1) is 11.6 Å². The number of halogens is 2. The van der Waals surface area contributed by atoms with Crippen LogP contribution in [0.2, 0.25) is 0 Å². The third-order valence-corrected chi connectivity index (χ3v) is 5.93. The van der Waals surface area contributed by atoms with Crippen LogP contribution in [-0.4, -0.2) is 33.9 Å². The lowest BCUT2D eigenvalue weighted by Gasteiger charge is -2.30. The van der Waals surface area contributed by atoms with Crippen molar-refractivity contribution in [3.05, 3.63) is 107 Å². The minimum Gasteiger partial charge on any atom is -0.360 e. The van der Waals surface area contributed by atoms with E-state index in [2.05, 4.69) is 9.97 Å². The van der Waals surface area contributed by atoms with Gasteiger partial charge in [0.2, 0.25) is 0 Å². The fourth-order valence-corrected chi connectivity index (χ4v) is 4.40. The molecule has 1 amide bonds. The van der Waals surface area contributed by atoms with Crippen LogP contribution in [0.4, 0.5) is 8.78 Å². The Morgan fingerprint density at radius 1 is 0.906 bits per heavy atom. The molecule has 0 aliphatic carbocycles. The Hall–Kier alpha value is -3.80. The van der Waals surface area contributed by atoms with Gasteiger partial charge in [-0.3, -0.25) is 9.78 Å². The number of pyridine rings is 1. The fourth-order valence-electron chi connectivity index (χ4n) is 4.40. The summed E-state index contributed by atoms with van der Waals surface area (Å²) < 4.78 is 28.0. The maximum atomic E-state index is 14.0. The molecule has 32 heavy (non-hydrogen) atoms. The summed E-state index contributed by atoms with van der Waals surface area (Å²) in [4.78, 5) is 22.3. The van der Waals surface area contributed by atoms with Crippen molar-refractivity contribution < 1.29 is 13.6 Å². The van der Waals surface area contributed by atoms with E-state index in [1.807, 2.05) is 23.1 Å². The minimum atomic E-state index is -0.337. The van der Waals surface area contributed by atoms with E-state index in [4.69, 9.17) is 0 Å². The van der Waals surface area contributed by atoms with Crippen LogP contribution in [-0.2, 0) is 0 Å². The summed E-state index contributed by atoms with van der Waals surface area (Å²) in [5.74, 6) is -0.741. The topological polar surface area (TPSA) is 49.0 Å². The largest absolute Gasteiger partial charge is 0.360 e. The van der Waals surface area contributed by atoms with Crippen molar-refractivity contribution in [2.75, 3.05) is 13.1 Å². The van der Waals surface area contributed by atoms with Crippen LogP contribution in [0.5, 0.6) is 0 Å². The molecular formula is C26H21F2N3O. The average Bonchev–Trinajstić information content (AvgIpc) is 3.29. The molecule has 3 heterocycles. The van der Waals surface area contributed by atoms with E-state index in [1.165, 1.54) is 24.3 Å². The van der Waals surface area contributed by atoms with E-state index in [0.29, 0.717) is 42.6 Å². The first kappa shape index (κ1) is 20.1. The monoisotopic (exact) mass is 429 g/mol. The lowest BCUT2D eigenvalue weighted by Crippen LogP contribution is -2.36. The number of aromatic amines is 1. The molecular weight excluding hydrogens is 408 g/mol. The van der Waals surface area contributed by atoms with Crippen molar-refractivity contribution in [1.29, 1.82) is 0 Å². The number of hydrogen-bond donors (Lipinski definition) is 1.